The van der Waals surface area contributed by atoms with E-state index < -0.39 is 0 Å². The number of aromatic nitrogens is 1. The fourth-order valence-electron chi connectivity index (χ4n) is 3.62. The number of fused-ring (bicyclic) bond motifs is 1. The van der Waals surface area contributed by atoms with Crippen molar-refractivity contribution in [1.82, 2.24) is 9.88 Å². The molecule has 1 aromatic carbocycles. The third-order valence-corrected chi connectivity index (χ3v) is 6.82. The van der Waals surface area contributed by atoms with E-state index in [1.165, 1.54) is 27.5 Å². The van der Waals surface area contributed by atoms with Crippen LogP contribution in [0.5, 0.6) is 0 Å². The lowest BCUT2D eigenvalue weighted by Gasteiger charge is -2.34. The van der Waals surface area contributed by atoms with E-state index in [1.807, 2.05) is 11.3 Å². The highest BCUT2D eigenvalue weighted by molar-refractivity contribution is 7.10. The molecule has 0 fully saturated rings. The van der Waals surface area contributed by atoms with E-state index in [-0.39, 0.29) is 11.9 Å². The van der Waals surface area contributed by atoms with Gasteiger partial charge < -0.3 is 4.42 Å². The van der Waals surface area contributed by atoms with E-state index in [9.17, 15) is 4.39 Å². The van der Waals surface area contributed by atoms with Gasteiger partial charge in [0, 0.05) is 21.9 Å². The maximum atomic E-state index is 13.1. The summed E-state index contributed by atoms with van der Waals surface area (Å²) in [5.41, 5.74) is 2.24. The molecule has 0 unspecified atom stereocenters. The third-order valence-electron chi connectivity index (χ3n) is 4.90. The van der Waals surface area contributed by atoms with Crippen LogP contribution in [0.1, 0.15) is 27.3 Å². The maximum absolute atomic E-state index is 13.1. The van der Waals surface area contributed by atoms with Crippen LogP contribution in [-0.4, -0.2) is 16.4 Å². The summed E-state index contributed by atoms with van der Waals surface area (Å²) in [5, 5.41) is 4.32. The fraction of sp³-hybridized carbons (Fsp3) is 0.190. The zero-order valence-corrected chi connectivity index (χ0v) is 16.1. The Bertz CT molecular complexity index is 1040. The van der Waals surface area contributed by atoms with Crippen LogP contribution in [-0.2, 0) is 13.0 Å². The van der Waals surface area contributed by atoms with Gasteiger partial charge in [0.25, 0.3) is 0 Å². The summed E-state index contributed by atoms with van der Waals surface area (Å²) in [4.78, 5) is 9.73. The van der Waals surface area contributed by atoms with E-state index in [4.69, 9.17) is 4.42 Å². The number of hydrogen-bond acceptors (Lipinski definition) is 5. The molecule has 0 aliphatic carbocycles. The molecule has 27 heavy (non-hydrogen) atoms. The molecule has 5 rings (SSSR count). The molecule has 1 aliphatic heterocycles. The Kier molecular flexibility index (Phi) is 4.39. The minimum Gasteiger partial charge on any atom is -0.439 e. The molecule has 4 heterocycles. The predicted octanol–water partition coefficient (Wildman–Crippen LogP) is 5.75. The van der Waals surface area contributed by atoms with Crippen LogP contribution in [0.15, 0.2) is 63.8 Å². The summed E-state index contributed by atoms with van der Waals surface area (Å²) in [6.07, 6.45) is 2.78. The molecule has 1 aliphatic rings. The lowest BCUT2D eigenvalue weighted by atomic mass is 9.98. The fourth-order valence-corrected chi connectivity index (χ4v) is 5.40. The van der Waals surface area contributed by atoms with Crippen molar-refractivity contribution in [2.45, 2.75) is 19.0 Å². The van der Waals surface area contributed by atoms with Gasteiger partial charge in [-0.2, -0.15) is 0 Å². The summed E-state index contributed by atoms with van der Waals surface area (Å²) in [7, 11) is 0. The van der Waals surface area contributed by atoms with Crippen molar-refractivity contribution in [3.05, 3.63) is 86.4 Å². The first-order valence-electron chi connectivity index (χ1n) is 8.82. The maximum Gasteiger partial charge on any atom is 0.209 e. The SMILES string of the molecule is Fc1ccc(-c2cnc(CN3CCc4sccc4[C@H]3c3cccs3)o2)cc1. The molecule has 1 atom stereocenters. The van der Waals surface area contributed by atoms with Gasteiger partial charge in [0.2, 0.25) is 5.89 Å². The molecular formula is C21H17FN2OS2. The Hall–Kier alpha value is -2.28. The van der Waals surface area contributed by atoms with Crippen molar-refractivity contribution < 1.29 is 8.81 Å². The number of hydrogen-bond donors (Lipinski definition) is 0. The zero-order valence-electron chi connectivity index (χ0n) is 14.5. The normalized spacial score (nSPS) is 17.1. The summed E-state index contributed by atoms with van der Waals surface area (Å²) >= 11 is 3.64. The van der Waals surface area contributed by atoms with Crippen molar-refractivity contribution in [3.63, 3.8) is 0 Å². The van der Waals surface area contributed by atoms with Crippen molar-refractivity contribution in [2.75, 3.05) is 6.54 Å². The van der Waals surface area contributed by atoms with Gasteiger partial charge in [0.15, 0.2) is 5.76 Å². The van der Waals surface area contributed by atoms with Crippen LogP contribution < -0.4 is 0 Å². The van der Waals surface area contributed by atoms with E-state index in [0.29, 0.717) is 18.2 Å². The van der Waals surface area contributed by atoms with Gasteiger partial charge in [-0.3, -0.25) is 4.90 Å². The molecule has 0 bridgehead atoms. The summed E-state index contributed by atoms with van der Waals surface area (Å²) in [6, 6.07) is 13.1. The van der Waals surface area contributed by atoms with Crippen LogP contribution in [0.25, 0.3) is 11.3 Å². The van der Waals surface area contributed by atoms with Gasteiger partial charge in [-0.05, 0) is 59.1 Å². The van der Waals surface area contributed by atoms with E-state index >= 15 is 0 Å². The van der Waals surface area contributed by atoms with Crippen molar-refractivity contribution in [2.24, 2.45) is 0 Å². The quantitative estimate of drug-likeness (QED) is 0.440. The lowest BCUT2D eigenvalue weighted by molar-refractivity contribution is 0.190. The average molecular weight is 397 g/mol. The molecule has 136 valence electrons. The molecule has 0 spiro atoms. The molecule has 4 aromatic rings. The summed E-state index contributed by atoms with van der Waals surface area (Å²) < 4.78 is 19.1. The minimum atomic E-state index is -0.253. The van der Waals surface area contributed by atoms with Crippen molar-refractivity contribution in [3.8, 4) is 11.3 Å². The largest absolute Gasteiger partial charge is 0.439 e. The molecule has 0 saturated heterocycles. The van der Waals surface area contributed by atoms with Gasteiger partial charge in [-0.25, -0.2) is 9.37 Å². The Balaban J connectivity index is 1.42. The number of nitrogens with zero attached hydrogens (tertiary/aromatic N) is 2. The second-order valence-corrected chi connectivity index (χ2v) is 8.54. The van der Waals surface area contributed by atoms with Crippen LogP contribution in [0.3, 0.4) is 0 Å². The standard InChI is InChI=1S/C21H17FN2OS2/c22-15-5-3-14(4-6-15)17-12-23-20(25-17)13-24-9-7-18-16(8-11-27-18)21(24)19-2-1-10-26-19/h1-6,8,10-12,21H,7,9,13H2/t21-/m0/s1. The van der Waals surface area contributed by atoms with Gasteiger partial charge in [0.1, 0.15) is 5.82 Å². The molecule has 3 aromatic heterocycles. The second kappa shape index (κ2) is 7.03. The average Bonchev–Trinajstić information content (AvgIpc) is 3.44. The second-order valence-electron chi connectivity index (χ2n) is 6.56. The monoisotopic (exact) mass is 396 g/mol. The topological polar surface area (TPSA) is 29.3 Å². The minimum absolute atomic E-state index is 0.251. The Morgan fingerprint density at radius 3 is 2.81 bits per heavy atom. The number of benzene rings is 1. The van der Waals surface area contributed by atoms with Gasteiger partial charge in [-0.15, -0.1) is 22.7 Å². The lowest BCUT2D eigenvalue weighted by Crippen LogP contribution is -2.34. The predicted molar refractivity (Wildman–Crippen MR) is 106 cm³/mol. The first-order valence-corrected chi connectivity index (χ1v) is 10.6. The molecule has 0 saturated carbocycles. The van der Waals surface area contributed by atoms with Gasteiger partial charge in [-0.1, -0.05) is 6.07 Å². The Labute approximate surface area is 164 Å². The smallest absolute Gasteiger partial charge is 0.209 e. The third kappa shape index (κ3) is 3.25. The highest BCUT2D eigenvalue weighted by Gasteiger charge is 2.31. The molecule has 0 amide bonds. The van der Waals surface area contributed by atoms with E-state index in [0.717, 1.165) is 18.5 Å². The molecular weight excluding hydrogens is 379 g/mol. The van der Waals surface area contributed by atoms with Crippen molar-refractivity contribution in [1.29, 1.82) is 0 Å². The number of rotatable bonds is 4. The number of oxazole rings is 1. The molecule has 3 nitrogen and oxygen atoms in total. The number of thiophene rings is 2. The molecule has 0 N–H and O–H groups in total. The Morgan fingerprint density at radius 2 is 2.00 bits per heavy atom. The van der Waals surface area contributed by atoms with Crippen LogP contribution in [0.2, 0.25) is 0 Å². The number of halogens is 1. The van der Waals surface area contributed by atoms with E-state index in [1.54, 1.807) is 29.7 Å². The highest BCUT2D eigenvalue weighted by Crippen LogP contribution is 2.40. The van der Waals surface area contributed by atoms with Gasteiger partial charge in [0.05, 0.1) is 18.8 Å². The van der Waals surface area contributed by atoms with Crippen LogP contribution >= 0.6 is 22.7 Å². The van der Waals surface area contributed by atoms with Gasteiger partial charge >= 0.3 is 0 Å². The zero-order chi connectivity index (χ0) is 18.2. The molecule has 6 heteroatoms. The summed E-state index contributed by atoms with van der Waals surface area (Å²) in [5.74, 6) is 1.11. The first-order chi connectivity index (χ1) is 13.3. The molecule has 0 radical (unpaired) electrons. The Morgan fingerprint density at radius 1 is 1.11 bits per heavy atom. The summed E-state index contributed by atoms with van der Waals surface area (Å²) in [6.45, 7) is 1.63. The highest BCUT2D eigenvalue weighted by atomic mass is 32.1. The van der Waals surface area contributed by atoms with Crippen LogP contribution in [0, 0.1) is 5.82 Å². The first kappa shape index (κ1) is 16.9. The van der Waals surface area contributed by atoms with Crippen LogP contribution in [0.4, 0.5) is 4.39 Å². The van der Waals surface area contributed by atoms with E-state index in [2.05, 4.69) is 38.8 Å². The van der Waals surface area contributed by atoms with Crippen molar-refractivity contribution >= 4 is 22.7 Å².